The summed E-state index contributed by atoms with van der Waals surface area (Å²) in [4.78, 5) is 30.1. The maximum Gasteiger partial charge on any atom is 0.237 e. The standard InChI is InChI=1S/C24H28N6O4S/c1-4-18(20-10-11-26-24(29-20)30-35(32,33)17-7-8-17)23(31)28-19-9-6-16(12-15(19)3)21-13-25-14-22(27-21)34-5-2/h6,9-14,17-18H,4-5,7-8H2,1-3H3,(H,28,31)(H,26,29,30). The summed E-state index contributed by atoms with van der Waals surface area (Å²) in [6.45, 7) is 6.16. The van der Waals surface area contributed by atoms with E-state index in [0.29, 0.717) is 48.8 Å². The molecule has 1 aromatic carbocycles. The highest BCUT2D eigenvalue weighted by Crippen LogP contribution is 2.30. The number of hydrogen-bond donors (Lipinski definition) is 2. The van der Waals surface area contributed by atoms with E-state index in [4.69, 9.17) is 4.74 Å². The first-order valence-electron chi connectivity index (χ1n) is 11.5. The Labute approximate surface area is 204 Å². The Morgan fingerprint density at radius 1 is 1.17 bits per heavy atom. The van der Waals surface area contributed by atoms with Gasteiger partial charge in [0.15, 0.2) is 0 Å². The molecule has 1 aliphatic rings. The minimum atomic E-state index is -3.49. The molecule has 2 aromatic heterocycles. The summed E-state index contributed by atoms with van der Waals surface area (Å²) in [5, 5.41) is 2.58. The number of aromatic nitrogens is 4. The van der Waals surface area contributed by atoms with Crippen molar-refractivity contribution in [2.45, 2.75) is 51.2 Å². The topological polar surface area (TPSA) is 136 Å². The smallest absolute Gasteiger partial charge is 0.237 e. The number of aryl methyl sites for hydroxylation is 1. The average molecular weight is 497 g/mol. The van der Waals surface area contributed by atoms with Gasteiger partial charge < -0.3 is 10.1 Å². The van der Waals surface area contributed by atoms with E-state index in [9.17, 15) is 13.2 Å². The van der Waals surface area contributed by atoms with Crippen molar-refractivity contribution in [1.29, 1.82) is 0 Å². The summed E-state index contributed by atoms with van der Waals surface area (Å²) < 4.78 is 32.3. The molecule has 3 aromatic rings. The number of hydrogen-bond acceptors (Lipinski definition) is 8. The number of nitrogens with zero attached hydrogens (tertiary/aromatic N) is 4. The second-order valence-electron chi connectivity index (χ2n) is 8.31. The van der Waals surface area contributed by atoms with Gasteiger partial charge in [-0.2, -0.15) is 0 Å². The van der Waals surface area contributed by atoms with Crippen molar-refractivity contribution in [3.8, 4) is 17.1 Å². The van der Waals surface area contributed by atoms with E-state index >= 15 is 0 Å². The Kier molecular flexibility index (Phi) is 7.25. The van der Waals surface area contributed by atoms with E-state index in [1.54, 1.807) is 18.5 Å². The van der Waals surface area contributed by atoms with E-state index in [0.717, 1.165) is 11.1 Å². The fourth-order valence-electron chi connectivity index (χ4n) is 3.62. The van der Waals surface area contributed by atoms with Gasteiger partial charge in [-0.3, -0.25) is 14.5 Å². The molecule has 2 heterocycles. The molecule has 1 aliphatic carbocycles. The molecule has 1 unspecified atom stereocenters. The minimum absolute atomic E-state index is 0.0171. The molecule has 0 spiro atoms. The first kappa shape index (κ1) is 24.5. The van der Waals surface area contributed by atoms with E-state index in [1.807, 2.05) is 39.0 Å². The van der Waals surface area contributed by atoms with Crippen LogP contribution in [0.2, 0.25) is 0 Å². The Morgan fingerprint density at radius 2 is 1.97 bits per heavy atom. The lowest BCUT2D eigenvalue weighted by atomic mass is 10.0. The number of benzene rings is 1. The van der Waals surface area contributed by atoms with Gasteiger partial charge in [-0.15, -0.1) is 0 Å². The Morgan fingerprint density at radius 3 is 2.66 bits per heavy atom. The SMILES string of the molecule is CCOc1cncc(-c2ccc(NC(=O)C(CC)c3ccnc(NS(=O)(=O)C4CC4)n3)c(C)c2)n1. The Bertz CT molecular complexity index is 1330. The summed E-state index contributed by atoms with van der Waals surface area (Å²) in [6, 6.07) is 7.23. The molecule has 0 radical (unpaired) electrons. The molecule has 1 atom stereocenters. The van der Waals surface area contributed by atoms with Gasteiger partial charge in [0.05, 0.1) is 41.6 Å². The number of ether oxygens (including phenoxy) is 1. The van der Waals surface area contributed by atoms with Crippen molar-refractivity contribution in [1.82, 2.24) is 19.9 Å². The van der Waals surface area contributed by atoms with Gasteiger partial charge in [0.25, 0.3) is 0 Å². The highest BCUT2D eigenvalue weighted by molar-refractivity contribution is 7.93. The monoisotopic (exact) mass is 496 g/mol. The normalized spacial score (nSPS) is 14.3. The van der Waals surface area contributed by atoms with E-state index < -0.39 is 21.2 Å². The van der Waals surface area contributed by atoms with Gasteiger partial charge in [0.2, 0.25) is 27.8 Å². The molecule has 2 N–H and O–H groups in total. The van der Waals surface area contributed by atoms with Crippen LogP contribution in [0.25, 0.3) is 11.3 Å². The maximum atomic E-state index is 13.1. The van der Waals surface area contributed by atoms with E-state index in [1.165, 1.54) is 6.20 Å². The van der Waals surface area contributed by atoms with Gasteiger partial charge in [-0.25, -0.2) is 23.4 Å². The lowest BCUT2D eigenvalue weighted by molar-refractivity contribution is -0.117. The highest BCUT2D eigenvalue weighted by Gasteiger charge is 2.36. The number of carbonyl (C=O) groups is 1. The van der Waals surface area contributed by atoms with Crippen LogP contribution in [-0.4, -0.2) is 46.1 Å². The first-order valence-corrected chi connectivity index (χ1v) is 13.1. The Balaban J connectivity index is 1.49. The fraction of sp³-hybridized carbons (Fsp3) is 0.375. The molecule has 35 heavy (non-hydrogen) atoms. The third-order valence-electron chi connectivity index (χ3n) is 5.64. The predicted octanol–water partition coefficient (Wildman–Crippen LogP) is 3.68. The number of amides is 1. The van der Waals surface area contributed by atoms with Crippen molar-refractivity contribution in [2.24, 2.45) is 0 Å². The third-order valence-corrected chi connectivity index (χ3v) is 7.46. The second-order valence-corrected chi connectivity index (χ2v) is 10.3. The predicted molar refractivity (Wildman–Crippen MR) is 133 cm³/mol. The highest BCUT2D eigenvalue weighted by atomic mass is 32.2. The van der Waals surface area contributed by atoms with Crippen LogP contribution in [0, 0.1) is 6.92 Å². The molecule has 10 nitrogen and oxygen atoms in total. The van der Waals surface area contributed by atoms with Crippen molar-refractivity contribution in [3.63, 3.8) is 0 Å². The number of anilines is 2. The van der Waals surface area contributed by atoms with Crippen LogP contribution in [0.5, 0.6) is 5.88 Å². The summed E-state index contributed by atoms with van der Waals surface area (Å²) in [7, 11) is -3.49. The zero-order valence-corrected chi connectivity index (χ0v) is 20.7. The van der Waals surface area contributed by atoms with Crippen LogP contribution in [0.1, 0.15) is 50.3 Å². The first-order chi connectivity index (χ1) is 16.8. The van der Waals surface area contributed by atoms with Crippen molar-refractivity contribution in [2.75, 3.05) is 16.6 Å². The molecule has 184 valence electrons. The van der Waals surface area contributed by atoms with E-state index in [2.05, 4.69) is 30.0 Å². The number of sulfonamides is 1. The molecule has 1 saturated carbocycles. The zero-order chi connectivity index (χ0) is 25.0. The van der Waals surface area contributed by atoms with Gasteiger partial charge in [-0.1, -0.05) is 13.0 Å². The van der Waals surface area contributed by atoms with E-state index in [-0.39, 0.29) is 11.9 Å². The zero-order valence-electron chi connectivity index (χ0n) is 19.9. The van der Waals surface area contributed by atoms with Crippen molar-refractivity contribution in [3.05, 3.63) is 54.1 Å². The largest absolute Gasteiger partial charge is 0.477 e. The average Bonchev–Trinajstić information content (AvgIpc) is 3.68. The van der Waals surface area contributed by atoms with Crippen LogP contribution in [-0.2, 0) is 14.8 Å². The van der Waals surface area contributed by atoms with Gasteiger partial charge in [-0.05, 0) is 56.9 Å². The van der Waals surface area contributed by atoms with Gasteiger partial charge >= 0.3 is 0 Å². The van der Waals surface area contributed by atoms with Crippen molar-refractivity contribution >= 4 is 27.6 Å². The quantitative estimate of drug-likeness (QED) is 0.434. The summed E-state index contributed by atoms with van der Waals surface area (Å²) in [6.07, 6.45) is 6.44. The number of rotatable bonds is 10. The molecular weight excluding hydrogens is 468 g/mol. The van der Waals surface area contributed by atoms with Crippen LogP contribution >= 0.6 is 0 Å². The van der Waals surface area contributed by atoms with Crippen LogP contribution in [0.15, 0.2) is 42.9 Å². The molecule has 4 rings (SSSR count). The molecule has 0 aliphatic heterocycles. The summed E-state index contributed by atoms with van der Waals surface area (Å²) >= 11 is 0. The molecular formula is C24H28N6O4S. The van der Waals surface area contributed by atoms with Crippen molar-refractivity contribution < 1.29 is 17.9 Å². The molecule has 1 fully saturated rings. The van der Waals surface area contributed by atoms with Crippen LogP contribution in [0.3, 0.4) is 0 Å². The number of carbonyl (C=O) groups excluding carboxylic acids is 1. The lowest BCUT2D eigenvalue weighted by Gasteiger charge is -2.17. The van der Waals surface area contributed by atoms with Gasteiger partial charge in [0, 0.05) is 17.4 Å². The van der Waals surface area contributed by atoms with Gasteiger partial charge in [0.1, 0.15) is 0 Å². The van der Waals surface area contributed by atoms with Crippen LogP contribution in [0.4, 0.5) is 11.6 Å². The fourth-order valence-corrected chi connectivity index (χ4v) is 4.90. The molecule has 0 saturated heterocycles. The maximum absolute atomic E-state index is 13.1. The summed E-state index contributed by atoms with van der Waals surface area (Å²) in [5.74, 6) is -0.378. The minimum Gasteiger partial charge on any atom is -0.477 e. The third kappa shape index (κ3) is 5.91. The number of nitrogens with one attached hydrogen (secondary N) is 2. The summed E-state index contributed by atoms with van der Waals surface area (Å²) in [5.41, 5.74) is 3.49. The van der Waals surface area contributed by atoms with Crippen LogP contribution < -0.4 is 14.8 Å². The molecule has 1 amide bonds. The second kappa shape index (κ2) is 10.3. The molecule has 0 bridgehead atoms. The Hall–Kier alpha value is -3.60. The molecule has 11 heteroatoms. The lowest BCUT2D eigenvalue weighted by Crippen LogP contribution is -2.23.